The molecule has 0 radical (unpaired) electrons. The van der Waals surface area contributed by atoms with Gasteiger partial charge in [-0.3, -0.25) is 19.3 Å². The van der Waals surface area contributed by atoms with Gasteiger partial charge in [-0.15, -0.1) is 0 Å². The first-order valence-corrected chi connectivity index (χ1v) is 7.56. The predicted octanol–water partition coefficient (Wildman–Crippen LogP) is 1.53. The highest BCUT2D eigenvalue weighted by Crippen LogP contribution is 2.26. The molecule has 4 amide bonds. The molecule has 3 N–H and O–H groups in total. The monoisotopic (exact) mass is 333 g/mol. The maximum Gasteiger partial charge on any atom is 0.319 e. The molecule has 8 nitrogen and oxygen atoms in total. The summed E-state index contributed by atoms with van der Waals surface area (Å²) in [6.45, 7) is 4.16. The lowest BCUT2D eigenvalue weighted by Gasteiger charge is -2.15. The smallest absolute Gasteiger partial charge is 0.319 e. The Kier molecular flexibility index (Phi) is 5.18. The minimum absolute atomic E-state index is 0.00824. The van der Waals surface area contributed by atoms with Crippen molar-refractivity contribution in [2.75, 3.05) is 18.4 Å². The van der Waals surface area contributed by atoms with Gasteiger partial charge < -0.3 is 15.7 Å². The number of hydrogen-bond acceptors (Lipinski definition) is 4. The van der Waals surface area contributed by atoms with Gasteiger partial charge in [0.2, 0.25) is 0 Å². The van der Waals surface area contributed by atoms with E-state index in [0.29, 0.717) is 17.8 Å². The Bertz CT molecular complexity index is 699. The number of nitrogens with one attached hydrogen (secondary N) is 2. The highest BCUT2D eigenvalue weighted by Gasteiger charge is 2.35. The third kappa shape index (κ3) is 3.89. The largest absolute Gasteiger partial charge is 0.481 e. The number of urea groups is 1. The number of amides is 4. The first-order chi connectivity index (χ1) is 11.3. The van der Waals surface area contributed by atoms with Gasteiger partial charge in [0.25, 0.3) is 11.8 Å². The zero-order valence-corrected chi connectivity index (χ0v) is 13.5. The van der Waals surface area contributed by atoms with Gasteiger partial charge in [0, 0.05) is 18.8 Å². The molecule has 0 fully saturated rings. The second-order valence-electron chi connectivity index (χ2n) is 5.90. The quantitative estimate of drug-likeness (QED) is 0.683. The summed E-state index contributed by atoms with van der Waals surface area (Å²) in [5.74, 6) is -1.56. The molecule has 24 heavy (non-hydrogen) atoms. The number of carbonyl (C=O) groups excluding carboxylic acids is 3. The van der Waals surface area contributed by atoms with Crippen molar-refractivity contribution in [3.8, 4) is 0 Å². The number of nitrogens with zero attached hydrogens (tertiary/aromatic N) is 1. The van der Waals surface area contributed by atoms with Crippen LogP contribution < -0.4 is 10.6 Å². The summed E-state index contributed by atoms with van der Waals surface area (Å²) in [5, 5.41) is 13.4. The van der Waals surface area contributed by atoms with Gasteiger partial charge in [-0.05, 0) is 24.1 Å². The molecule has 8 heteroatoms. The van der Waals surface area contributed by atoms with E-state index >= 15 is 0 Å². The minimum atomic E-state index is -1.01. The summed E-state index contributed by atoms with van der Waals surface area (Å²) in [7, 11) is 0. The molecule has 0 saturated heterocycles. The van der Waals surface area contributed by atoms with E-state index in [2.05, 4.69) is 10.6 Å². The van der Waals surface area contributed by atoms with Crippen LogP contribution in [0.2, 0.25) is 0 Å². The standard InChI is InChI=1S/C16H19N3O5/c1-9(2)8-19-14(22)11-4-3-10(7-12(11)15(19)23)18-16(24)17-6-5-13(20)21/h3-4,7,9H,5-6,8H2,1-2H3,(H,20,21)(H2,17,18,24). The van der Waals surface area contributed by atoms with Gasteiger partial charge in [-0.1, -0.05) is 13.8 Å². The molecule has 128 valence electrons. The van der Waals surface area contributed by atoms with Crippen LogP contribution >= 0.6 is 0 Å². The van der Waals surface area contributed by atoms with Crippen molar-refractivity contribution in [3.63, 3.8) is 0 Å². The van der Waals surface area contributed by atoms with Crippen LogP contribution in [-0.4, -0.2) is 46.9 Å². The topological polar surface area (TPSA) is 116 Å². The molecule has 2 rings (SSSR count). The molecule has 1 aliphatic heterocycles. The lowest BCUT2D eigenvalue weighted by atomic mass is 10.1. The van der Waals surface area contributed by atoms with Crippen molar-refractivity contribution in [1.82, 2.24) is 10.2 Å². The van der Waals surface area contributed by atoms with Crippen molar-refractivity contribution < 1.29 is 24.3 Å². The van der Waals surface area contributed by atoms with Crippen LogP contribution in [0.5, 0.6) is 0 Å². The Labute approximate surface area is 138 Å². The summed E-state index contributed by atoms with van der Waals surface area (Å²) in [6, 6.07) is 3.90. The highest BCUT2D eigenvalue weighted by atomic mass is 16.4. The van der Waals surface area contributed by atoms with Crippen molar-refractivity contribution in [2.24, 2.45) is 5.92 Å². The molecule has 0 unspecified atom stereocenters. The lowest BCUT2D eigenvalue weighted by molar-refractivity contribution is -0.136. The Balaban J connectivity index is 2.06. The molecule has 1 aromatic rings. The third-order valence-corrected chi connectivity index (χ3v) is 3.40. The van der Waals surface area contributed by atoms with Crippen LogP contribution in [0.4, 0.5) is 10.5 Å². The van der Waals surface area contributed by atoms with E-state index in [1.54, 1.807) is 0 Å². The van der Waals surface area contributed by atoms with Gasteiger partial charge in [0.05, 0.1) is 17.5 Å². The predicted molar refractivity (Wildman–Crippen MR) is 85.9 cm³/mol. The van der Waals surface area contributed by atoms with Crippen LogP contribution in [0.15, 0.2) is 18.2 Å². The summed E-state index contributed by atoms with van der Waals surface area (Å²) < 4.78 is 0. The van der Waals surface area contributed by atoms with E-state index in [0.717, 1.165) is 0 Å². The number of carbonyl (C=O) groups is 4. The molecule has 0 spiro atoms. The number of anilines is 1. The Hall–Kier alpha value is -2.90. The Morgan fingerprint density at radius 3 is 2.46 bits per heavy atom. The number of carboxylic acids is 1. The zero-order valence-electron chi connectivity index (χ0n) is 13.5. The fourth-order valence-corrected chi connectivity index (χ4v) is 2.36. The van der Waals surface area contributed by atoms with E-state index in [-0.39, 0.29) is 36.3 Å². The van der Waals surface area contributed by atoms with Crippen molar-refractivity contribution >= 4 is 29.5 Å². The number of carboxylic acid groups (broad SMARTS) is 1. The second-order valence-corrected chi connectivity index (χ2v) is 5.90. The van der Waals surface area contributed by atoms with E-state index in [4.69, 9.17) is 5.11 Å². The Morgan fingerprint density at radius 2 is 1.83 bits per heavy atom. The van der Waals surface area contributed by atoms with Crippen LogP contribution in [0.25, 0.3) is 0 Å². The number of hydrogen-bond donors (Lipinski definition) is 3. The van der Waals surface area contributed by atoms with E-state index in [1.165, 1.54) is 23.1 Å². The number of benzene rings is 1. The van der Waals surface area contributed by atoms with Crippen LogP contribution in [0.1, 0.15) is 41.0 Å². The zero-order chi connectivity index (χ0) is 17.9. The molecular formula is C16H19N3O5. The molecule has 1 aliphatic rings. The first kappa shape index (κ1) is 17.5. The maximum absolute atomic E-state index is 12.3. The number of rotatable bonds is 6. The molecular weight excluding hydrogens is 314 g/mol. The first-order valence-electron chi connectivity index (χ1n) is 7.56. The fraction of sp³-hybridized carbons (Fsp3) is 0.375. The van der Waals surface area contributed by atoms with Gasteiger partial charge in [-0.2, -0.15) is 0 Å². The molecule has 0 aromatic heterocycles. The highest BCUT2D eigenvalue weighted by molar-refractivity contribution is 6.21. The second kappa shape index (κ2) is 7.12. The third-order valence-electron chi connectivity index (χ3n) is 3.40. The average Bonchev–Trinajstić information content (AvgIpc) is 2.71. The van der Waals surface area contributed by atoms with Gasteiger partial charge in [-0.25, -0.2) is 4.79 Å². The number of imide groups is 1. The van der Waals surface area contributed by atoms with Gasteiger partial charge in [0.1, 0.15) is 0 Å². The van der Waals surface area contributed by atoms with Crippen molar-refractivity contribution in [2.45, 2.75) is 20.3 Å². The molecule has 0 saturated carbocycles. The van der Waals surface area contributed by atoms with E-state index in [1.807, 2.05) is 13.8 Å². The summed E-state index contributed by atoms with van der Waals surface area (Å²) in [5.41, 5.74) is 0.926. The van der Waals surface area contributed by atoms with Crippen molar-refractivity contribution in [3.05, 3.63) is 29.3 Å². The van der Waals surface area contributed by atoms with Gasteiger partial charge >= 0.3 is 12.0 Å². The van der Waals surface area contributed by atoms with Crippen LogP contribution in [0, 0.1) is 5.92 Å². The minimum Gasteiger partial charge on any atom is -0.481 e. The lowest BCUT2D eigenvalue weighted by Crippen LogP contribution is -2.33. The summed E-state index contributed by atoms with van der Waals surface area (Å²) >= 11 is 0. The van der Waals surface area contributed by atoms with Crippen LogP contribution in [0.3, 0.4) is 0 Å². The fourth-order valence-electron chi connectivity index (χ4n) is 2.36. The summed E-state index contributed by atoms with van der Waals surface area (Å²) in [4.78, 5) is 47.8. The number of fused-ring (bicyclic) bond motifs is 1. The van der Waals surface area contributed by atoms with Crippen LogP contribution in [-0.2, 0) is 4.79 Å². The number of aliphatic carboxylic acids is 1. The SMILES string of the molecule is CC(C)CN1C(=O)c2ccc(NC(=O)NCCC(=O)O)cc2C1=O. The van der Waals surface area contributed by atoms with E-state index < -0.39 is 12.0 Å². The Morgan fingerprint density at radius 1 is 1.17 bits per heavy atom. The normalized spacial score (nSPS) is 13.2. The molecule has 0 bridgehead atoms. The van der Waals surface area contributed by atoms with Gasteiger partial charge in [0.15, 0.2) is 0 Å². The molecule has 0 atom stereocenters. The maximum atomic E-state index is 12.3. The van der Waals surface area contributed by atoms with Crippen molar-refractivity contribution in [1.29, 1.82) is 0 Å². The molecule has 0 aliphatic carbocycles. The molecule has 1 aromatic carbocycles. The van der Waals surface area contributed by atoms with E-state index in [9.17, 15) is 19.2 Å². The average molecular weight is 333 g/mol. The molecule has 1 heterocycles. The summed E-state index contributed by atoms with van der Waals surface area (Å²) in [6.07, 6.45) is -0.186.